The molecule has 0 saturated carbocycles. The molecule has 0 amide bonds. The molecule has 0 spiro atoms. The fourth-order valence-electron chi connectivity index (χ4n) is 3.18. The molecule has 1 atom stereocenters. The van der Waals surface area contributed by atoms with Gasteiger partial charge in [-0.1, -0.05) is 17.7 Å². The maximum absolute atomic E-state index is 14.0. The van der Waals surface area contributed by atoms with Crippen LogP contribution in [-0.4, -0.2) is 46.2 Å². The van der Waals surface area contributed by atoms with Crippen LogP contribution in [0.3, 0.4) is 0 Å². The summed E-state index contributed by atoms with van der Waals surface area (Å²) in [5.74, 6) is 0.467. The Hall–Kier alpha value is -1.29. The molecule has 2 heterocycles. The molecule has 1 aliphatic rings. The van der Waals surface area contributed by atoms with Crippen LogP contribution in [0, 0.1) is 10.6 Å². The summed E-state index contributed by atoms with van der Waals surface area (Å²) in [6.07, 6.45) is 0.558. The summed E-state index contributed by atoms with van der Waals surface area (Å²) >= 11 is 11.5. The first-order chi connectivity index (χ1) is 12.2. The topological polar surface area (TPSA) is 60.1 Å². The Balaban J connectivity index is 1.78. The Morgan fingerprint density at radius 1 is 1.46 bits per heavy atom. The largest absolute Gasteiger partial charge is 0.307 e. The maximum atomic E-state index is 14.0. The van der Waals surface area contributed by atoms with Crippen LogP contribution in [-0.2, 0) is 30.1 Å². The Labute approximate surface area is 162 Å². The van der Waals surface area contributed by atoms with E-state index >= 15 is 0 Å². The molecular weight excluding hydrogens is 399 g/mol. The molecule has 0 unspecified atom stereocenters. The van der Waals surface area contributed by atoms with Gasteiger partial charge in [0.05, 0.1) is 18.2 Å². The second kappa shape index (κ2) is 7.38. The lowest BCUT2D eigenvalue weighted by molar-refractivity contribution is 0.240. The van der Waals surface area contributed by atoms with Crippen LogP contribution in [0.4, 0.5) is 4.39 Å². The van der Waals surface area contributed by atoms with Gasteiger partial charge in [0.25, 0.3) is 0 Å². The highest BCUT2D eigenvalue weighted by atomic mass is 35.5. The highest BCUT2D eigenvalue weighted by molar-refractivity contribution is 7.91. The number of hydrogen-bond acceptors (Lipinski definition) is 5. The Kier molecular flexibility index (Phi) is 5.53. The third-order valence-corrected chi connectivity index (χ3v) is 7.14. The van der Waals surface area contributed by atoms with Gasteiger partial charge in [-0.05, 0) is 37.8 Å². The zero-order valence-corrected chi connectivity index (χ0v) is 16.9. The second-order valence-corrected chi connectivity index (χ2v) is 9.66. The fraction of sp³-hybridized carbons (Fsp3) is 0.500. The summed E-state index contributed by atoms with van der Waals surface area (Å²) in [6.45, 7) is 0.647. The lowest BCUT2D eigenvalue weighted by atomic mass is 10.1. The number of halogens is 2. The van der Waals surface area contributed by atoms with Gasteiger partial charge in [-0.25, -0.2) is 17.5 Å². The first kappa shape index (κ1) is 19.5. The van der Waals surface area contributed by atoms with Crippen LogP contribution in [0.25, 0.3) is 0 Å². The van der Waals surface area contributed by atoms with Crippen LogP contribution in [0.15, 0.2) is 18.2 Å². The van der Waals surface area contributed by atoms with Crippen molar-refractivity contribution in [3.8, 4) is 0 Å². The van der Waals surface area contributed by atoms with Gasteiger partial charge < -0.3 is 4.57 Å². The van der Waals surface area contributed by atoms with Crippen molar-refractivity contribution in [3.05, 3.63) is 45.2 Å². The standard InChI is InChI=1S/C16H20ClFN4O2S2/c1-20(8-12-13(17)4-3-5-14(12)18)10-22-16(25)21(2)15(19-22)11-6-7-26(23,24)9-11/h3-5,11H,6-10H2,1-2H3/t11-/m1/s1. The summed E-state index contributed by atoms with van der Waals surface area (Å²) < 4.78 is 41.3. The SMILES string of the molecule is CN(Cc1c(F)cccc1Cl)Cn1nc([C@@H]2CCS(=O)(=O)C2)n(C)c1=S. The predicted molar refractivity (Wildman–Crippen MR) is 101 cm³/mol. The monoisotopic (exact) mass is 418 g/mol. The summed E-state index contributed by atoms with van der Waals surface area (Å²) in [5.41, 5.74) is 0.418. The fourth-order valence-corrected chi connectivity index (χ4v) is 5.34. The van der Waals surface area contributed by atoms with Gasteiger partial charge in [-0.15, -0.1) is 0 Å². The lowest BCUT2D eigenvalue weighted by Gasteiger charge is -2.17. The molecular formula is C16H20ClFN4O2S2. The lowest BCUT2D eigenvalue weighted by Crippen LogP contribution is -2.23. The number of nitrogens with zero attached hydrogens (tertiary/aromatic N) is 4. The Morgan fingerprint density at radius 3 is 2.81 bits per heavy atom. The van der Waals surface area contributed by atoms with Gasteiger partial charge >= 0.3 is 0 Å². The highest BCUT2D eigenvalue weighted by Gasteiger charge is 2.32. The summed E-state index contributed by atoms with van der Waals surface area (Å²) in [4.78, 5) is 1.85. The van der Waals surface area contributed by atoms with Gasteiger partial charge in [-0.3, -0.25) is 4.90 Å². The van der Waals surface area contributed by atoms with Gasteiger partial charge in [0.2, 0.25) is 0 Å². The molecule has 0 radical (unpaired) electrons. The molecule has 3 rings (SSSR count). The molecule has 0 aliphatic carbocycles. The summed E-state index contributed by atoms with van der Waals surface area (Å²) in [7, 11) is 0.609. The van der Waals surface area contributed by atoms with E-state index in [9.17, 15) is 12.8 Å². The minimum Gasteiger partial charge on any atom is -0.307 e. The van der Waals surface area contributed by atoms with E-state index < -0.39 is 9.84 Å². The van der Waals surface area contributed by atoms with Crippen LogP contribution >= 0.6 is 23.8 Å². The van der Waals surface area contributed by atoms with Gasteiger partial charge in [0.1, 0.15) is 11.6 Å². The normalized spacial score (nSPS) is 19.3. The maximum Gasteiger partial charge on any atom is 0.198 e. The molecule has 0 bridgehead atoms. The van der Waals surface area contributed by atoms with Crippen molar-refractivity contribution in [2.45, 2.75) is 25.6 Å². The van der Waals surface area contributed by atoms with Gasteiger partial charge in [0.15, 0.2) is 14.6 Å². The van der Waals surface area contributed by atoms with Gasteiger partial charge in [-0.2, -0.15) is 5.10 Å². The highest BCUT2D eigenvalue weighted by Crippen LogP contribution is 2.27. The predicted octanol–water partition coefficient (Wildman–Crippen LogP) is 2.74. The van der Waals surface area contributed by atoms with Crippen molar-refractivity contribution in [1.29, 1.82) is 0 Å². The molecule has 1 fully saturated rings. The average molecular weight is 419 g/mol. The van der Waals surface area contributed by atoms with Crippen LogP contribution in [0.1, 0.15) is 23.7 Å². The first-order valence-electron chi connectivity index (χ1n) is 8.13. The minimum absolute atomic E-state index is 0.104. The number of sulfone groups is 1. The van der Waals surface area contributed by atoms with Crippen molar-refractivity contribution in [1.82, 2.24) is 19.2 Å². The second-order valence-electron chi connectivity index (χ2n) is 6.66. The number of aromatic nitrogens is 3. The molecule has 0 N–H and O–H groups in total. The van der Waals surface area contributed by atoms with E-state index in [1.54, 1.807) is 28.4 Å². The van der Waals surface area contributed by atoms with Crippen molar-refractivity contribution in [2.75, 3.05) is 18.6 Å². The first-order valence-corrected chi connectivity index (χ1v) is 10.7. The van der Waals surface area contributed by atoms with Crippen molar-refractivity contribution >= 4 is 33.7 Å². The number of hydrogen-bond donors (Lipinski definition) is 0. The van der Waals surface area contributed by atoms with Crippen molar-refractivity contribution < 1.29 is 12.8 Å². The molecule has 1 aliphatic heterocycles. The van der Waals surface area contributed by atoms with Crippen molar-refractivity contribution in [2.24, 2.45) is 7.05 Å². The Bertz CT molecular complexity index is 966. The zero-order chi connectivity index (χ0) is 19.1. The van der Waals surface area contributed by atoms with E-state index in [0.29, 0.717) is 40.8 Å². The van der Waals surface area contributed by atoms with E-state index in [0.717, 1.165) is 0 Å². The molecule has 142 valence electrons. The molecule has 1 aromatic heterocycles. The minimum atomic E-state index is -3.00. The molecule has 6 nitrogen and oxygen atoms in total. The van der Waals surface area contributed by atoms with E-state index in [1.165, 1.54) is 6.07 Å². The third-order valence-electron chi connectivity index (χ3n) is 4.54. The van der Waals surface area contributed by atoms with Crippen molar-refractivity contribution in [3.63, 3.8) is 0 Å². The average Bonchev–Trinajstić information content (AvgIpc) is 3.05. The number of rotatable bonds is 5. The number of benzene rings is 1. The molecule has 10 heteroatoms. The smallest absolute Gasteiger partial charge is 0.198 e. The third kappa shape index (κ3) is 4.00. The molecule has 1 aromatic carbocycles. The van der Waals surface area contributed by atoms with Crippen LogP contribution in [0.2, 0.25) is 5.02 Å². The van der Waals surface area contributed by atoms with E-state index in [4.69, 9.17) is 23.8 Å². The molecule has 26 heavy (non-hydrogen) atoms. The van der Waals surface area contributed by atoms with Crippen LogP contribution < -0.4 is 0 Å². The molecule has 2 aromatic rings. The van der Waals surface area contributed by atoms with Crippen LogP contribution in [0.5, 0.6) is 0 Å². The Morgan fingerprint density at radius 2 is 2.19 bits per heavy atom. The quantitative estimate of drug-likeness (QED) is 0.699. The van der Waals surface area contributed by atoms with Gasteiger partial charge in [0, 0.05) is 30.1 Å². The van der Waals surface area contributed by atoms with E-state index in [-0.39, 0.29) is 23.2 Å². The zero-order valence-electron chi connectivity index (χ0n) is 14.5. The van der Waals surface area contributed by atoms with E-state index in [1.807, 2.05) is 11.9 Å². The summed E-state index contributed by atoms with van der Waals surface area (Å²) in [5, 5.41) is 4.90. The van der Waals surface area contributed by atoms with E-state index in [2.05, 4.69) is 5.10 Å². The molecule has 1 saturated heterocycles. The summed E-state index contributed by atoms with van der Waals surface area (Å²) in [6, 6.07) is 4.59.